The molecule has 0 aromatic carbocycles. The van der Waals surface area contributed by atoms with Crippen LogP contribution in [0.15, 0.2) is 0 Å². The molecule has 5 heteroatoms. The van der Waals surface area contributed by atoms with Gasteiger partial charge in [0.1, 0.15) is 9.84 Å². The highest BCUT2D eigenvalue weighted by Crippen LogP contribution is 2.10. The van der Waals surface area contributed by atoms with Gasteiger partial charge in [0, 0.05) is 18.3 Å². The van der Waals surface area contributed by atoms with Crippen LogP contribution in [-0.2, 0) is 9.84 Å². The fourth-order valence-corrected chi connectivity index (χ4v) is 3.28. The van der Waals surface area contributed by atoms with Crippen LogP contribution in [-0.4, -0.2) is 57.0 Å². The lowest BCUT2D eigenvalue weighted by atomic mass is 10.1. The van der Waals surface area contributed by atoms with Crippen LogP contribution in [0.2, 0.25) is 0 Å². The van der Waals surface area contributed by atoms with E-state index in [-0.39, 0.29) is 5.75 Å². The molecule has 1 aliphatic rings. The van der Waals surface area contributed by atoms with Crippen LogP contribution in [0.4, 0.5) is 0 Å². The van der Waals surface area contributed by atoms with Crippen molar-refractivity contribution in [2.24, 2.45) is 0 Å². The first-order valence-electron chi connectivity index (χ1n) is 7.23. The van der Waals surface area contributed by atoms with Crippen LogP contribution in [0.1, 0.15) is 39.5 Å². The molecule has 0 bridgehead atoms. The highest BCUT2D eigenvalue weighted by atomic mass is 32.2. The molecule has 0 aromatic heterocycles. The van der Waals surface area contributed by atoms with Crippen molar-refractivity contribution < 1.29 is 8.42 Å². The average molecular weight is 276 g/mol. The third-order valence-electron chi connectivity index (χ3n) is 3.56. The summed E-state index contributed by atoms with van der Waals surface area (Å²) in [5.74, 6) is 0.612. The van der Waals surface area contributed by atoms with Gasteiger partial charge in [0.05, 0.1) is 5.75 Å². The van der Waals surface area contributed by atoms with Crippen molar-refractivity contribution in [1.29, 1.82) is 0 Å². The third kappa shape index (κ3) is 6.16. The zero-order valence-electron chi connectivity index (χ0n) is 11.8. The first-order chi connectivity index (χ1) is 8.57. The minimum absolute atomic E-state index is 0.272. The zero-order chi connectivity index (χ0) is 13.4. The monoisotopic (exact) mass is 276 g/mol. The number of rotatable bonds is 8. The van der Waals surface area contributed by atoms with Gasteiger partial charge in [-0.2, -0.15) is 0 Å². The molecule has 1 fully saturated rings. The first-order valence-corrected chi connectivity index (χ1v) is 9.05. The molecular formula is C13H28N2O2S. The third-order valence-corrected chi connectivity index (χ3v) is 5.35. The number of hydrogen-bond acceptors (Lipinski definition) is 4. The van der Waals surface area contributed by atoms with E-state index in [2.05, 4.69) is 17.1 Å². The molecule has 1 N–H and O–H groups in total. The van der Waals surface area contributed by atoms with Gasteiger partial charge in [-0.15, -0.1) is 0 Å². The summed E-state index contributed by atoms with van der Waals surface area (Å²) in [4.78, 5) is 2.40. The molecule has 1 atom stereocenters. The minimum Gasteiger partial charge on any atom is -0.313 e. The Hall–Kier alpha value is -0.130. The van der Waals surface area contributed by atoms with Gasteiger partial charge >= 0.3 is 0 Å². The Labute approximate surface area is 112 Å². The summed E-state index contributed by atoms with van der Waals surface area (Å²) in [6, 6.07) is 0.599. The lowest BCUT2D eigenvalue weighted by Gasteiger charge is -2.33. The molecule has 18 heavy (non-hydrogen) atoms. The van der Waals surface area contributed by atoms with Gasteiger partial charge in [0.15, 0.2) is 0 Å². The molecule has 0 aliphatic carbocycles. The van der Waals surface area contributed by atoms with Crippen molar-refractivity contribution in [2.75, 3.05) is 37.7 Å². The Balaban J connectivity index is 2.22. The molecule has 1 aliphatic heterocycles. The van der Waals surface area contributed by atoms with Gasteiger partial charge in [0.2, 0.25) is 0 Å². The normalized spacial score (nSPS) is 22.2. The van der Waals surface area contributed by atoms with E-state index in [1.807, 2.05) is 0 Å². The van der Waals surface area contributed by atoms with Crippen LogP contribution in [0, 0.1) is 0 Å². The summed E-state index contributed by atoms with van der Waals surface area (Å²) in [5.41, 5.74) is 0. The topological polar surface area (TPSA) is 49.4 Å². The van der Waals surface area contributed by atoms with E-state index in [0.717, 1.165) is 32.6 Å². The molecule has 1 unspecified atom stereocenters. The lowest BCUT2D eigenvalue weighted by Crippen LogP contribution is -2.46. The van der Waals surface area contributed by atoms with Gasteiger partial charge in [-0.1, -0.05) is 13.8 Å². The van der Waals surface area contributed by atoms with E-state index in [0.29, 0.717) is 11.8 Å². The van der Waals surface area contributed by atoms with Gasteiger partial charge in [-0.05, 0) is 45.3 Å². The maximum absolute atomic E-state index is 11.4. The fourth-order valence-electron chi connectivity index (χ4n) is 2.43. The Morgan fingerprint density at radius 1 is 1.33 bits per heavy atom. The minimum atomic E-state index is -2.79. The average Bonchev–Trinajstić information content (AvgIpc) is 2.37. The molecule has 0 spiro atoms. The fraction of sp³-hybridized carbons (Fsp3) is 1.00. The van der Waals surface area contributed by atoms with E-state index in [4.69, 9.17) is 0 Å². The summed E-state index contributed by atoms with van der Waals surface area (Å²) < 4.78 is 22.8. The second kappa shape index (κ2) is 8.12. The summed E-state index contributed by atoms with van der Waals surface area (Å²) >= 11 is 0. The predicted molar refractivity (Wildman–Crippen MR) is 76.7 cm³/mol. The predicted octanol–water partition coefficient (Wildman–Crippen LogP) is 1.28. The highest BCUT2D eigenvalue weighted by Gasteiger charge is 2.19. The molecule has 0 radical (unpaired) electrons. The Morgan fingerprint density at radius 2 is 2.11 bits per heavy atom. The van der Waals surface area contributed by atoms with Crippen molar-refractivity contribution in [3.05, 3.63) is 0 Å². The smallest absolute Gasteiger partial charge is 0.150 e. The lowest BCUT2D eigenvalue weighted by molar-refractivity contribution is 0.191. The molecule has 4 nitrogen and oxygen atoms in total. The van der Waals surface area contributed by atoms with Crippen molar-refractivity contribution in [3.8, 4) is 0 Å². The molecule has 1 rings (SSSR count). The van der Waals surface area contributed by atoms with Crippen molar-refractivity contribution in [3.63, 3.8) is 0 Å². The summed E-state index contributed by atoms with van der Waals surface area (Å²) in [6.45, 7) is 8.11. The van der Waals surface area contributed by atoms with E-state index in [1.165, 1.54) is 19.3 Å². The van der Waals surface area contributed by atoms with Gasteiger partial charge < -0.3 is 10.2 Å². The first kappa shape index (κ1) is 15.9. The van der Waals surface area contributed by atoms with E-state index >= 15 is 0 Å². The molecule has 1 saturated heterocycles. The van der Waals surface area contributed by atoms with Crippen molar-refractivity contribution in [2.45, 2.75) is 45.6 Å². The van der Waals surface area contributed by atoms with Crippen LogP contribution >= 0.6 is 0 Å². The standard InChI is InChI=1S/C13H28N2O2S/c1-3-8-14-13-7-5-9-15(12-13)10-6-11-18(16,17)4-2/h13-14H,3-12H2,1-2H3. The molecule has 0 saturated carbocycles. The number of sulfone groups is 1. The quantitative estimate of drug-likeness (QED) is 0.725. The second-order valence-electron chi connectivity index (χ2n) is 5.18. The van der Waals surface area contributed by atoms with Crippen molar-refractivity contribution in [1.82, 2.24) is 10.2 Å². The van der Waals surface area contributed by atoms with E-state index in [9.17, 15) is 8.42 Å². The van der Waals surface area contributed by atoms with Gasteiger partial charge in [0.25, 0.3) is 0 Å². The molecular weight excluding hydrogens is 248 g/mol. The molecule has 1 heterocycles. The number of hydrogen-bond donors (Lipinski definition) is 1. The highest BCUT2D eigenvalue weighted by molar-refractivity contribution is 7.91. The summed E-state index contributed by atoms with van der Waals surface area (Å²) in [5, 5.41) is 3.56. The Bertz CT molecular complexity index is 317. The number of piperidine rings is 1. The summed E-state index contributed by atoms with van der Waals surface area (Å²) in [6.07, 6.45) is 4.42. The molecule has 0 aromatic rings. The summed E-state index contributed by atoms with van der Waals surface area (Å²) in [7, 11) is -2.79. The van der Waals surface area contributed by atoms with Crippen LogP contribution in [0.25, 0.3) is 0 Å². The molecule has 108 valence electrons. The van der Waals surface area contributed by atoms with E-state index in [1.54, 1.807) is 6.92 Å². The Kier molecular flexibility index (Phi) is 7.19. The van der Waals surface area contributed by atoms with Gasteiger partial charge in [-0.3, -0.25) is 0 Å². The van der Waals surface area contributed by atoms with Crippen molar-refractivity contribution >= 4 is 9.84 Å². The van der Waals surface area contributed by atoms with E-state index < -0.39 is 9.84 Å². The van der Waals surface area contributed by atoms with Gasteiger partial charge in [-0.25, -0.2) is 8.42 Å². The van der Waals surface area contributed by atoms with Crippen LogP contribution in [0.3, 0.4) is 0 Å². The number of nitrogens with zero attached hydrogens (tertiary/aromatic N) is 1. The SMILES string of the molecule is CCCNC1CCCN(CCCS(=O)(=O)CC)C1. The number of likely N-dealkylation sites (tertiary alicyclic amines) is 1. The zero-order valence-corrected chi connectivity index (χ0v) is 12.6. The number of nitrogens with one attached hydrogen (secondary N) is 1. The maximum atomic E-state index is 11.4. The molecule has 0 amide bonds. The van der Waals surface area contributed by atoms with Crippen LogP contribution in [0.5, 0.6) is 0 Å². The maximum Gasteiger partial charge on any atom is 0.150 e. The Morgan fingerprint density at radius 3 is 2.78 bits per heavy atom. The second-order valence-corrected chi connectivity index (χ2v) is 7.66. The largest absolute Gasteiger partial charge is 0.313 e. The van der Waals surface area contributed by atoms with Crippen LogP contribution < -0.4 is 5.32 Å².